The van der Waals surface area contributed by atoms with Crippen LogP contribution >= 0.6 is 11.6 Å². The van der Waals surface area contributed by atoms with E-state index in [0.29, 0.717) is 11.6 Å². The summed E-state index contributed by atoms with van der Waals surface area (Å²) in [6.45, 7) is 2.53. The molecular formula is C10H14ClNO3S. The molecule has 2 unspecified atom stereocenters. The smallest absolute Gasteiger partial charge is 0.283 e. The first kappa shape index (κ1) is 13.6. The predicted molar refractivity (Wildman–Crippen MR) is 64.4 cm³/mol. The van der Waals surface area contributed by atoms with E-state index in [4.69, 9.17) is 16.2 Å². The zero-order chi connectivity index (χ0) is 12.1. The van der Waals surface area contributed by atoms with Gasteiger partial charge in [-0.3, -0.25) is 4.55 Å². The molecule has 1 N–H and O–H groups in total. The second-order valence-electron chi connectivity index (χ2n) is 3.55. The third-order valence-corrected chi connectivity index (χ3v) is 2.79. The van der Waals surface area contributed by atoms with Gasteiger partial charge in [0.05, 0.1) is 0 Å². The maximum absolute atomic E-state index is 10.4. The van der Waals surface area contributed by atoms with Crippen molar-refractivity contribution in [1.82, 2.24) is 5.06 Å². The van der Waals surface area contributed by atoms with Gasteiger partial charge in [-0.2, -0.15) is 13.6 Å². The van der Waals surface area contributed by atoms with Crippen molar-refractivity contribution >= 4 is 23.0 Å². The highest BCUT2D eigenvalue weighted by atomic mass is 35.5. The summed E-state index contributed by atoms with van der Waals surface area (Å²) in [6, 6.07) is 7.49. The maximum atomic E-state index is 10.4. The van der Waals surface area contributed by atoms with Crippen molar-refractivity contribution in [1.29, 1.82) is 0 Å². The van der Waals surface area contributed by atoms with Gasteiger partial charge in [0.1, 0.15) is 0 Å². The zero-order valence-electron chi connectivity index (χ0n) is 9.09. The van der Waals surface area contributed by atoms with Gasteiger partial charge < -0.3 is 0 Å². The topological polar surface area (TPSA) is 49.8 Å². The average Bonchev–Trinajstić information content (AvgIpc) is 2.16. The van der Waals surface area contributed by atoms with E-state index < -0.39 is 11.4 Å². The van der Waals surface area contributed by atoms with Crippen molar-refractivity contribution in [2.24, 2.45) is 0 Å². The molecule has 0 aliphatic heterocycles. The Kier molecular flexibility index (Phi) is 5.37. The van der Waals surface area contributed by atoms with Crippen LogP contribution in [0.15, 0.2) is 24.3 Å². The average molecular weight is 264 g/mol. The fourth-order valence-electron chi connectivity index (χ4n) is 1.42. The maximum Gasteiger partial charge on any atom is 0.319 e. The van der Waals surface area contributed by atoms with E-state index in [1.165, 1.54) is 5.06 Å². The number of benzene rings is 1. The van der Waals surface area contributed by atoms with Crippen LogP contribution in [-0.4, -0.2) is 27.4 Å². The van der Waals surface area contributed by atoms with Crippen molar-refractivity contribution in [2.75, 3.05) is 13.6 Å². The normalized spacial score (nSPS) is 15.1. The summed E-state index contributed by atoms with van der Waals surface area (Å²) in [7, 11) is 1.61. The summed E-state index contributed by atoms with van der Waals surface area (Å²) in [5.74, 6) is 0.186. The van der Waals surface area contributed by atoms with Gasteiger partial charge in [0.15, 0.2) is 0 Å². The first-order valence-electron chi connectivity index (χ1n) is 4.75. The molecular weight excluding hydrogens is 250 g/mol. The van der Waals surface area contributed by atoms with E-state index in [2.05, 4.69) is 4.28 Å². The lowest BCUT2D eigenvalue weighted by Crippen LogP contribution is -2.24. The number of hydroxylamine groups is 2. The molecule has 90 valence electrons. The molecule has 0 bridgehead atoms. The first-order valence-corrected chi connectivity index (χ1v) is 6.16. The number of halogens is 1. The van der Waals surface area contributed by atoms with Crippen molar-refractivity contribution < 1.29 is 13.0 Å². The fourth-order valence-corrected chi connectivity index (χ4v) is 1.83. The summed E-state index contributed by atoms with van der Waals surface area (Å²) in [6.07, 6.45) is 0. The van der Waals surface area contributed by atoms with Crippen molar-refractivity contribution in [3.05, 3.63) is 34.9 Å². The first-order chi connectivity index (χ1) is 7.49. The van der Waals surface area contributed by atoms with Crippen molar-refractivity contribution in [3.8, 4) is 0 Å². The van der Waals surface area contributed by atoms with E-state index in [9.17, 15) is 4.21 Å². The molecule has 0 heterocycles. The number of nitrogens with zero attached hydrogens (tertiary/aromatic N) is 1. The van der Waals surface area contributed by atoms with Gasteiger partial charge in [0.2, 0.25) is 0 Å². The van der Waals surface area contributed by atoms with Gasteiger partial charge in [-0.25, -0.2) is 0 Å². The Morgan fingerprint density at radius 1 is 1.50 bits per heavy atom. The molecule has 2 atom stereocenters. The van der Waals surface area contributed by atoms with Gasteiger partial charge >= 0.3 is 11.4 Å². The monoisotopic (exact) mass is 263 g/mol. The van der Waals surface area contributed by atoms with E-state index in [1.807, 2.05) is 31.2 Å². The van der Waals surface area contributed by atoms with E-state index in [-0.39, 0.29) is 5.92 Å². The van der Waals surface area contributed by atoms with Gasteiger partial charge in [-0.05, 0) is 23.6 Å². The molecule has 0 fully saturated rings. The second kappa shape index (κ2) is 6.32. The molecule has 1 aromatic rings. The minimum absolute atomic E-state index is 0.186. The summed E-state index contributed by atoms with van der Waals surface area (Å²) < 4.78 is 23.5. The molecule has 6 heteroatoms. The third-order valence-electron chi connectivity index (χ3n) is 2.16. The Morgan fingerprint density at radius 2 is 2.06 bits per heavy atom. The molecule has 0 aromatic heterocycles. The molecule has 0 aliphatic rings. The lowest BCUT2D eigenvalue weighted by Gasteiger charge is -2.18. The summed E-state index contributed by atoms with van der Waals surface area (Å²) >= 11 is 3.52. The van der Waals surface area contributed by atoms with Crippen LogP contribution in [-0.2, 0) is 15.6 Å². The van der Waals surface area contributed by atoms with Gasteiger partial charge in [-0.1, -0.05) is 30.7 Å². The van der Waals surface area contributed by atoms with Gasteiger partial charge in [0, 0.05) is 18.6 Å². The SMILES string of the molecule is CC(CN(C)OS(=O)O)c1ccc(Cl)cc1. The lowest BCUT2D eigenvalue weighted by atomic mass is 10.0. The van der Waals surface area contributed by atoms with Gasteiger partial charge in [-0.15, -0.1) is 0 Å². The van der Waals surface area contributed by atoms with E-state index in [1.54, 1.807) is 7.05 Å². The van der Waals surface area contributed by atoms with Crippen molar-refractivity contribution in [3.63, 3.8) is 0 Å². The van der Waals surface area contributed by atoms with Crippen LogP contribution in [0.3, 0.4) is 0 Å². The molecule has 0 aliphatic carbocycles. The summed E-state index contributed by atoms with van der Waals surface area (Å²) in [5.41, 5.74) is 1.10. The van der Waals surface area contributed by atoms with Crippen LogP contribution in [0.5, 0.6) is 0 Å². The minimum Gasteiger partial charge on any atom is -0.283 e. The van der Waals surface area contributed by atoms with Crippen LogP contribution in [0.1, 0.15) is 18.4 Å². The number of likely N-dealkylation sites (N-methyl/N-ethyl adjacent to an activating group) is 1. The van der Waals surface area contributed by atoms with E-state index in [0.717, 1.165) is 5.56 Å². The predicted octanol–water partition coefficient (Wildman–Crippen LogP) is 2.44. The third kappa shape index (κ3) is 4.59. The van der Waals surface area contributed by atoms with Gasteiger partial charge in [0.25, 0.3) is 0 Å². The molecule has 4 nitrogen and oxygen atoms in total. The fraction of sp³-hybridized carbons (Fsp3) is 0.400. The van der Waals surface area contributed by atoms with Crippen molar-refractivity contribution in [2.45, 2.75) is 12.8 Å². The highest BCUT2D eigenvalue weighted by molar-refractivity contribution is 7.74. The quantitative estimate of drug-likeness (QED) is 0.655. The largest absolute Gasteiger partial charge is 0.319 e. The lowest BCUT2D eigenvalue weighted by molar-refractivity contribution is -0.0294. The Hall–Kier alpha value is -0.460. The van der Waals surface area contributed by atoms with Crippen LogP contribution in [0.25, 0.3) is 0 Å². The number of hydrogen-bond donors (Lipinski definition) is 1. The number of rotatable bonds is 5. The highest BCUT2D eigenvalue weighted by Gasteiger charge is 2.11. The molecule has 0 saturated carbocycles. The van der Waals surface area contributed by atoms with Crippen LogP contribution < -0.4 is 0 Å². The molecule has 0 radical (unpaired) electrons. The Morgan fingerprint density at radius 3 is 2.56 bits per heavy atom. The molecule has 0 saturated heterocycles. The van der Waals surface area contributed by atoms with Crippen LogP contribution in [0, 0.1) is 0 Å². The zero-order valence-corrected chi connectivity index (χ0v) is 10.7. The Balaban J connectivity index is 2.54. The molecule has 1 rings (SSSR count). The second-order valence-corrected chi connectivity index (χ2v) is 4.57. The summed E-state index contributed by atoms with van der Waals surface area (Å²) in [5, 5.41) is 2.03. The minimum atomic E-state index is -2.27. The van der Waals surface area contributed by atoms with Crippen LogP contribution in [0.2, 0.25) is 5.02 Å². The molecule has 16 heavy (non-hydrogen) atoms. The molecule has 0 amide bonds. The van der Waals surface area contributed by atoms with Crippen LogP contribution in [0.4, 0.5) is 0 Å². The number of hydrogen-bond acceptors (Lipinski definition) is 3. The Bertz CT molecular complexity index is 358. The standard InChI is InChI=1S/C10H14ClNO3S/c1-8(7-12(2)15-16(13)14)9-3-5-10(11)6-4-9/h3-6,8H,7H2,1-2H3,(H,13,14). The molecule has 0 spiro atoms. The highest BCUT2D eigenvalue weighted by Crippen LogP contribution is 2.18. The Labute approximate surface area is 103 Å². The van der Waals surface area contributed by atoms with E-state index >= 15 is 0 Å². The molecule has 1 aromatic carbocycles. The summed E-state index contributed by atoms with van der Waals surface area (Å²) in [4.78, 5) is 0.